The molecular weight excluding hydrogens is 260 g/mol. The van der Waals surface area contributed by atoms with Crippen LogP contribution in [0.4, 0.5) is 0 Å². The fraction of sp³-hybridized carbons (Fsp3) is 0.889. The van der Waals surface area contributed by atoms with Gasteiger partial charge in [0.15, 0.2) is 0 Å². The van der Waals surface area contributed by atoms with E-state index in [-0.39, 0.29) is 27.7 Å². The van der Waals surface area contributed by atoms with Crippen LogP contribution in [0.5, 0.6) is 0 Å². The molecule has 0 spiro atoms. The highest BCUT2D eigenvalue weighted by atomic mass is 16.1. The summed E-state index contributed by atoms with van der Waals surface area (Å²) >= 11 is 0. The average Bonchev–Trinajstić information content (AvgIpc) is 2.10. The summed E-state index contributed by atoms with van der Waals surface area (Å²) in [6, 6.07) is 0. The van der Waals surface area contributed by atoms with Crippen LogP contribution < -0.4 is 5.32 Å². The van der Waals surface area contributed by atoms with Crippen LogP contribution in [0.25, 0.3) is 0 Å². The molecule has 0 heterocycles. The van der Waals surface area contributed by atoms with Gasteiger partial charge in [-0.15, -0.1) is 0 Å². The summed E-state index contributed by atoms with van der Waals surface area (Å²) in [6.07, 6.45) is 1.68. The Bertz CT molecular complexity index is 365. The van der Waals surface area contributed by atoms with Gasteiger partial charge in [-0.25, -0.2) is 0 Å². The summed E-state index contributed by atoms with van der Waals surface area (Å²) in [7, 11) is 0. The number of Topliss-reactive ketones (excluding diaryl/α,β-unsaturated/α-hetero) is 1. The van der Waals surface area contributed by atoms with Gasteiger partial charge in [-0.3, -0.25) is 4.79 Å². The second kappa shape index (κ2) is 6.20. The van der Waals surface area contributed by atoms with Crippen LogP contribution in [-0.4, -0.2) is 22.6 Å². The molecule has 21 heavy (non-hydrogen) atoms. The third-order valence-electron chi connectivity index (χ3n) is 4.41. The Morgan fingerprint density at radius 2 is 1.14 bits per heavy atom. The van der Waals surface area contributed by atoms with E-state index in [0.29, 0.717) is 5.71 Å². The molecule has 0 aliphatic heterocycles. The lowest BCUT2D eigenvalue weighted by atomic mass is 9.73. The molecule has 0 radical (unpaired) electrons. The molecule has 0 unspecified atom stereocenters. The summed E-state index contributed by atoms with van der Waals surface area (Å²) in [6.45, 7) is 20.5. The Hall–Kier alpha value is -0.700. The molecule has 0 aromatic carbocycles. The second-order valence-electron chi connectivity index (χ2n) is 9.20. The van der Waals surface area contributed by atoms with Crippen molar-refractivity contribution in [3.8, 4) is 0 Å². The predicted molar refractivity (Wildman–Crippen MR) is 92.2 cm³/mol. The summed E-state index contributed by atoms with van der Waals surface area (Å²) in [5, 5.41) is 11.6. The van der Waals surface area contributed by atoms with E-state index in [2.05, 4.69) is 46.9 Å². The first-order valence-corrected chi connectivity index (χ1v) is 7.87. The monoisotopic (exact) mass is 296 g/mol. The number of hydrogen-bond acceptors (Lipinski definition) is 3. The zero-order chi connectivity index (χ0) is 17.3. The van der Waals surface area contributed by atoms with Crippen molar-refractivity contribution in [1.82, 2.24) is 5.32 Å². The molecule has 0 atom stereocenters. The molecule has 0 aliphatic rings. The SMILES string of the molecule is CC(=N)C(C)(C)CC(C)(C)NC(C)(C)CC(C)(C)C(C)=O. The molecule has 3 nitrogen and oxygen atoms in total. The number of rotatable bonds is 8. The third kappa shape index (κ3) is 6.73. The molecule has 0 amide bonds. The third-order valence-corrected chi connectivity index (χ3v) is 4.41. The summed E-state index contributed by atoms with van der Waals surface area (Å²) in [5.41, 5.74) is 0.0361. The van der Waals surface area contributed by atoms with Gasteiger partial charge in [0.05, 0.1) is 0 Å². The molecule has 0 bridgehead atoms. The Kier molecular flexibility index (Phi) is 5.99. The maximum absolute atomic E-state index is 11.8. The molecule has 0 rings (SSSR count). The van der Waals surface area contributed by atoms with Crippen molar-refractivity contribution in [2.75, 3.05) is 0 Å². The zero-order valence-electron chi connectivity index (χ0n) is 15.8. The molecule has 3 heteroatoms. The van der Waals surface area contributed by atoms with E-state index in [1.54, 1.807) is 6.92 Å². The molecule has 124 valence electrons. The molecule has 2 N–H and O–H groups in total. The van der Waals surface area contributed by atoms with E-state index in [9.17, 15) is 4.79 Å². The van der Waals surface area contributed by atoms with Crippen LogP contribution >= 0.6 is 0 Å². The Morgan fingerprint density at radius 1 is 0.810 bits per heavy atom. The fourth-order valence-corrected chi connectivity index (χ4v) is 3.47. The van der Waals surface area contributed by atoms with E-state index in [0.717, 1.165) is 12.8 Å². The first kappa shape index (κ1) is 20.3. The van der Waals surface area contributed by atoms with E-state index in [1.165, 1.54) is 0 Å². The molecule has 0 saturated heterocycles. The molecule has 0 saturated carbocycles. The van der Waals surface area contributed by atoms with Crippen LogP contribution in [0.2, 0.25) is 0 Å². The van der Waals surface area contributed by atoms with Crippen molar-refractivity contribution in [2.45, 2.75) is 93.2 Å². The van der Waals surface area contributed by atoms with Gasteiger partial charge in [0.25, 0.3) is 0 Å². The highest BCUT2D eigenvalue weighted by Gasteiger charge is 2.38. The smallest absolute Gasteiger partial charge is 0.135 e. The van der Waals surface area contributed by atoms with Crippen LogP contribution in [0.3, 0.4) is 0 Å². The van der Waals surface area contributed by atoms with Crippen molar-refractivity contribution in [3.63, 3.8) is 0 Å². The predicted octanol–water partition coefficient (Wildman–Crippen LogP) is 4.59. The minimum absolute atomic E-state index is 0.0951. The fourth-order valence-electron chi connectivity index (χ4n) is 3.47. The number of hydrogen-bond donors (Lipinski definition) is 2. The molecular formula is C18H36N2O. The minimum Gasteiger partial charge on any atom is -0.309 e. The maximum Gasteiger partial charge on any atom is 0.135 e. The lowest BCUT2D eigenvalue weighted by Gasteiger charge is -2.44. The highest BCUT2D eigenvalue weighted by molar-refractivity contribution is 5.84. The second-order valence-corrected chi connectivity index (χ2v) is 9.20. The van der Waals surface area contributed by atoms with Gasteiger partial charge in [-0.05, 0) is 54.4 Å². The highest BCUT2D eigenvalue weighted by Crippen LogP contribution is 2.34. The van der Waals surface area contributed by atoms with Gasteiger partial charge in [-0.2, -0.15) is 0 Å². The largest absolute Gasteiger partial charge is 0.309 e. The van der Waals surface area contributed by atoms with Gasteiger partial charge >= 0.3 is 0 Å². The topological polar surface area (TPSA) is 53.0 Å². The first-order chi connectivity index (χ1) is 9.01. The van der Waals surface area contributed by atoms with E-state index < -0.39 is 0 Å². The first-order valence-electron chi connectivity index (χ1n) is 7.87. The van der Waals surface area contributed by atoms with Gasteiger partial charge < -0.3 is 10.7 Å². The minimum atomic E-state index is -0.320. The van der Waals surface area contributed by atoms with Crippen LogP contribution in [0.1, 0.15) is 82.1 Å². The van der Waals surface area contributed by atoms with Crippen molar-refractivity contribution >= 4 is 11.5 Å². The molecule has 0 aromatic rings. The van der Waals surface area contributed by atoms with Crippen LogP contribution in [-0.2, 0) is 4.79 Å². The Morgan fingerprint density at radius 3 is 1.43 bits per heavy atom. The number of carbonyl (C=O) groups excluding carboxylic acids is 1. The number of ketones is 1. The van der Waals surface area contributed by atoms with E-state index in [1.807, 2.05) is 20.8 Å². The van der Waals surface area contributed by atoms with Crippen molar-refractivity contribution < 1.29 is 4.79 Å². The molecule has 0 aromatic heterocycles. The number of nitrogens with one attached hydrogen (secondary N) is 2. The summed E-state index contributed by atoms with van der Waals surface area (Å²) in [4.78, 5) is 11.8. The normalized spacial score (nSPS) is 14.2. The average molecular weight is 296 g/mol. The summed E-state index contributed by atoms with van der Waals surface area (Å²) < 4.78 is 0. The van der Waals surface area contributed by atoms with Crippen LogP contribution in [0.15, 0.2) is 0 Å². The lowest BCUT2D eigenvalue weighted by molar-refractivity contribution is -0.126. The van der Waals surface area contributed by atoms with Gasteiger partial charge in [-0.1, -0.05) is 27.7 Å². The quantitative estimate of drug-likeness (QED) is 0.643. The van der Waals surface area contributed by atoms with Gasteiger partial charge in [0.1, 0.15) is 5.78 Å². The van der Waals surface area contributed by atoms with Crippen molar-refractivity contribution in [3.05, 3.63) is 0 Å². The Balaban J connectivity index is 5.00. The van der Waals surface area contributed by atoms with E-state index >= 15 is 0 Å². The number of carbonyl (C=O) groups is 1. The van der Waals surface area contributed by atoms with Gasteiger partial charge in [0, 0.05) is 27.6 Å². The summed E-state index contributed by atoms with van der Waals surface area (Å²) in [5.74, 6) is 0.228. The van der Waals surface area contributed by atoms with Crippen LogP contribution in [0, 0.1) is 16.2 Å². The lowest BCUT2D eigenvalue weighted by Crippen LogP contribution is -2.56. The Labute approximate surface area is 131 Å². The molecule has 0 aliphatic carbocycles. The molecule has 0 fully saturated rings. The maximum atomic E-state index is 11.8. The standard InChI is InChI=1S/C18H36N2O/c1-13(19)15(3,4)11-17(7,8)20-18(9,10)12-16(5,6)14(2)21/h19-20H,11-12H2,1-10H3. The van der Waals surface area contributed by atoms with Gasteiger partial charge in [0.2, 0.25) is 0 Å². The zero-order valence-corrected chi connectivity index (χ0v) is 15.8. The van der Waals surface area contributed by atoms with Crippen molar-refractivity contribution in [1.29, 1.82) is 5.41 Å². The van der Waals surface area contributed by atoms with Crippen molar-refractivity contribution in [2.24, 2.45) is 10.8 Å². The van der Waals surface area contributed by atoms with E-state index in [4.69, 9.17) is 5.41 Å².